The van der Waals surface area contributed by atoms with E-state index in [1.807, 2.05) is 24.3 Å². The van der Waals surface area contributed by atoms with Gasteiger partial charge in [-0.1, -0.05) is 55.8 Å². The molecule has 1 aliphatic rings. The highest BCUT2D eigenvalue weighted by atomic mass is 16.5. The second-order valence-corrected chi connectivity index (χ2v) is 7.76. The van der Waals surface area contributed by atoms with Crippen LogP contribution in [0, 0.1) is 17.3 Å². The quantitative estimate of drug-likeness (QED) is 0.540. The minimum Gasteiger partial charge on any atom is -0.469 e. The van der Waals surface area contributed by atoms with Gasteiger partial charge in [0.1, 0.15) is 12.4 Å². The van der Waals surface area contributed by atoms with Gasteiger partial charge in [0.25, 0.3) is 0 Å². The van der Waals surface area contributed by atoms with Gasteiger partial charge in [-0.3, -0.25) is 4.79 Å². The molecule has 3 rings (SSSR count). The molecule has 0 spiro atoms. The SMILES string of the molecule is CC(C)=C[C@@H]1[C@H](C(=O)OCc2coc(Cc3ccccc3)c2)C1(C)C. The van der Waals surface area contributed by atoms with Gasteiger partial charge in [0.05, 0.1) is 12.2 Å². The molecule has 0 saturated heterocycles. The number of benzene rings is 1. The Hall–Kier alpha value is -2.29. The first-order valence-electron chi connectivity index (χ1n) is 8.80. The third-order valence-corrected chi connectivity index (χ3v) is 4.99. The summed E-state index contributed by atoms with van der Waals surface area (Å²) in [7, 11) is 0. The van der Waals surface area contributed by atoms with Crippen molar-refractivity contribution in [2.75, 3.05) is 0 Å². The van der Waals surface area contributed by atoms with E-state index in [1.165, 1.54) is 11.1 Å². The van der Waals surface area contributed by atoms with Crippen LogP contribution in [-0.4, -0.2) is 5.97 Å². The summed E-state index contributed by atoms with van der Waals surface area (Å²) in [6, 6.07) is 12.1. The van der Waals surface area contributed by atoms with Gasteiger partial charge in [0, 0.05) is 12.0 Å². The molecule has 25 heavy (non-hydrogen) atoms. The summed E-state index contributed by atoms with van der Waals surface area (Å²) in [6.07, 6.45) is 4.60. The number of carbonyl (C=O) groups is 1. The number of esters is 1. The Bertz CT molecular complexity index is 764. The summed E-state index contributed by atoms with van der Waals surface area (Å²) >= 11 is 0. The standard InChI is InChI=1S/C22H26O3/c1-15(2)10-19-20(22(19,3)4)21(23)25-14-17-12-18(24-13-17)11-16-8-6-5-7-9-16/h5-10,12-13,19-20H,11,14H2,1-4H3/t19-,20-/m1/s1. The molecule has 3 nitrogen and oxygen atoms in total. The molecule has 0 aliphatic heterocycles. The number of hydrogen-bond acceptors (Lipinski definition) is 3. The first kappa shape index (κ1) is 17.5. The van der Waals surface area contributed by atoms with Crippen molar-refractivity contribution in [3.63, 3.8) is 0 Å². The highest BCUT2D eigenvalue weighted by molar-refractivity contribution is 5.78. The van der Waals surface area contributed by atoms with E-state index in [2.05, 4.69) is 45.9 Å². The van der Waals surface area contributed by atoms with Crippen molar-refractivity contribution < 1.29 is 13.9 Å². The molecule has 1 fully saturated rings. The third kappa shape index (κ3) is 4.04. The second-order valence-electron chi connectivity index (χ2n) is 7.76. The predicted molar refractivity (Wildman–Crippen MR) is 97.9 cm³/mol. The van der Waals surface area contributed by atoms with Crippen LogP contribution < -0.4 is 0 Å². The monoisotopic (exact) mass is 338 g/mol. The Morgan fingerprint density at radius 3 is 2.60 bits per heavy atom. The minimum atomic E-state index is -0.113. The Kier molecular flexibility index (Phi) is 4.85. The van der Waals surface area contributed by atoms with E-state index in [4.69, 9.17) is 9.15 Å². The average Bonchev–Trinajstić information content (AvgIpc) is 2.90. The van der Waals surface area contributed by atoms with Gasteiger partial charge in [-0.05, 0) is 36.8 Å². The lowest BCUT2D eigenvalue weighted by molar-refractivity contribution is -0.147. The van der Waals surface area contributed by atoms with E-state index >= 15 is 0 Å². The van der Waals surface area contributed by atoms with E-state index in [9.17, 15) is 4.79 Å². The molecule has 1 aromatic carbocycles. The molecule has 3 heteroatoms. The molecular weight excluding hydrogens is 312 g/mol. The van der Waals surface area contributed by atoms with Gasteiger partial charge in [-0.2, -0.15) is 0 Å². The molecule has 0 N–H and O–H groups in total. The smallest absolute Gasteiger partial charge is 0.310 e. The second kappa shape index (κ2) is 6.91. The van der Waals surface area contributed by atoms with Crippen molar-refractivity contribution in [2.24, 2.45) is 17.3 Å². The molecule has 2 atom stereocenters. The van der Waals surface area contributed by atoms with Crippen LogP contribution in [0.4, 0.5) is 0 Å². The van der Waals surface area contributed by atoms with Crippen LogP contribution in [0.3, 0.4) is 0 Å². The van der Waals surface area contributed by atoms with Crippen molar-refractivity contribution in [3.05, 3.63) is 71.2 Å². The van der Waals surface area contributed by atoms with Crippen LogP contribution in [0.1, 0.15) is 44.6 Å². The number of allylic oxidation sites excluding steroid dienone is 2. The number of ether oxygens (including phenoxy) is 1. The lowest BCUT2D eigenvalue weighted by atomic mass is 10.1. The molecule has 1 aromatic heterocycles. The lowest BCUT2D eigenvalue weighted by Crippen LogP contribution is -2.10. The van der Waals surface area contributed by atoms with E-state index < -0.39 is 0 Å². The zero-order chi connectivity index (χ0) is 18.0. The Balaban J connectivity index is 1.54. The number of hydrogen-bond donors (Lipinski definition) is 0. The van der Waals surface area contributed by atoms with Gasteiger partial charge in [0.2, 0.25) is 0 Å². The van der Waals surface area contributed by atoms with Gasteiger partial charge in [-0.25, -0.2) is 0 Å². The number of furan rings is 1. The highest BCUT2D eigenvalue weighted by Gasteiger charge is 2.61. The molecule has 1 aliphatic carbocycles. The summed E-state index contributed by atoms with van der Waals surface area (Å²) in [5.74, 6) is 1.01. The van der Waals surface area contributed by atoms with Gasteiger partial charge < -0.3 is 9.15 Å². The van der Waals surface area contributed by atoms with Crippen LogP contribution in [0.2, 0.25) is 0 Å². The normalized spacial score (nSPS) is 20.8. The van der Waals surface area contributed by atoms with Crippen molar-refractivity contribution in [3.8, 4) is 0 Å². The highest BCUT2D eigenvalue weighted by Crippen LogP contribution is 2.59. The van der Waals surface area contributed by atoms with Gasteiger partial charge in [-0.15, -0.1) is 0 Å². The molecule has 132 valence electrons. The third-order valence-electron chi connectivity index (χ3n) is 4.99. The fourth-order valence-corrected chi connectivity index (χ4v) is 3.43. The Morgan fingerprint density at radius 2 is 1.92 bits per heavy atom. The molecule has 1 saturated carbocycles. The first-order valence-corrected chi connectivity index (χ1v) is 8.80. The predicted octanol–water partition coefficient (Wildman–Crippen LogP) is 5.15. The van der Waals surface area contributed by atoms with Gasteiger partial charge >= 0.3 is 5.97 Å². The molecule has 0 bridgehead atoms. The molecule has 2 aromatic rings. The fraction of sp³-hybridized carbons (Fsp3) is 0.409. The summed E-state index contributed by atoms with van der Waals surface area (Å²) < 4.78 is 11.1. The van der Waals surface area contributed by atoms with Crippen LogP contribution in [-0.2, 0) is 22.6 Å². The maximum Gasteiger partial charge on any atom is 0.310 e. The van der Waals surface area contributed by atoms with E-state index in [1.54, 1.807) is 6.26 Å². The Morgan fingerprint density at radius 1 is 1.20 bits per heavy atom. The zero-order valence-corrected chi connectivity index (χ0v) is 15.4. The van der Waals surface area contributed by atoms with E-state index in [0.29, 0.717) is 0 Å². The largest absolute Gasteiger partial charge is 0.469 e. The molecule has 1 heterocycles. The summed E-state index contributed by atoms with van der Waals surface area (Å²) in [5.41, 5.74) is 3.33. The molecule has 0 unspecified atom stereocenters. The minimum absolute atomic E-state index is 0.0107. The van der Waals surface area contributed by atoms with Crippen LogP contribution in [0.15, 0.2) is 58.7 Å². The van der Waals surface area contributed by atoms with Gasteiger partial charge in [0.15, 0.2) is 0 Å². The molecule has 0 amide bonds. The summed E-state index contributed by atoms with van der Waals surface area (Å²) in [6.45, 7) is 8.65. The fourth-order valence-electron chi connectivity index (χ4n) is 3.43. The summed E-state index contributed by atoms with van der Waals surface area (Å²) in [4.78, 5) is 12.4. The molecule has 0 radical (unpaired) electrons. The summed E-state index contributed by atoms with van der Waals surface area (Å²) in [5, 5.41) is 0. The van der Waals surface area contributed by atoms with Crippen LogP contribution in [0.5, 0.6) is 0 Å². The van der Waals surface area contributed by atoms with Crippen molar-refractivity contribution in [1.82, 2.24) is 0 Å². The lowest BCUT2D eigenvalue weighted by Gasteiger charge is -2.03. The number of carbonyl (C=O) groups excluding carboxylic acids is 1. The average molecular weight is 338 g/mol. The van der Waals surface area contributed by atoms with Crippen molar-refractivity contribution >= 4 is 5.97 Å². The van der Waals surface area contributed by atoms with Crippen molar-refractivity contribution in [2.45, 2.75) is 40.7 Å². The van der Waals surface area contributed by atoms with Crippen molar-refractivity contribution in [1.29, 1.82) is 0 Å². The van der Waals surface area contributed by atoms with Crippen LogP contribution in [0.25, 0.3) is 0 Å². The first-order chi connectivity index (χ1) is 11.9. The number of rotatable bonds is 6. The van der Waals surface area contributed by atoms with Crippen LogP contribution >= 0.6 is 0 Å². The maximum absolute atomic E-state index is 12.4. The maximum atomic E-state index is 12.4. The zero-order valence-electron chi connectivity index (χ0n) is 15.4. The van der Waals surface area contributed by atoms with E-state index in [0.717, 1.165) is 17.7 Å². The Labute approximate surface area is 149 Å². The topological polar surface area (TPSA) is 39.4 Å². The van der Waals surface area contributed by atoms with E-state index in [-0.39, 0.29) is 29.8 Å². The molecular formula is C22H26O3.